The van der Waals surface area contributed by atoms with E-state index in [4.69, 9.17) is 16.3 Å². The fourth-order valence-corrected chi connectivity index (χ4v) is 2.88. The van der Waals surface area contributed by atoms with Gasteiger partial charge < -0.3 is 9.64 Å². The second-order valence-corrected chi connectivity index (χ2v) is 5.45. The summed E-state index contributed by atoms with van der Waals surface area (Å²) in [6, 6.07) is 3.79. The summed E-state index contributed by atoms with van der Waals surface area (Å²) in [6.45, 7) is 3.64. The lowest BCUT2D eigenvalue weighted by atomic mass is 9.95. The molecule has 0 radical (unpaired) electrons. The zero-order valence-electron chi connectivity index (χ0n) is 11.7. The highest BCUT2D eigenvalue weighted by molar-refractivity contribution is 6.34. The van der Waals surface area contributed by atoms with E-state index in [0.717, 1.165) is 27.7 Å². The van der Waals surface area contributed by atoms with Crippen molar-refractivity contribution in [1.29, 1.82) is 0 Å². The molecule has 1 unspecified atom stereocenters. The van der Waals surface area contributed by atoms with Crippen molar-refractivity contribution in [2.75, 3.05) is 19.1 Å². The zero-order valence-corrected chi connectivity index (χ0v) is 12.4. The molecule has 2 heterocycles. The van der Waals surface area contributed by atoms with Crippen LogP contribution < -0.4 is 4.90 Å². The van der Waals surface area contributed by atoms with E-state index in [1.807, 2.05) is 19.1 Å². The van der Waals surface area contributed by atoms with Crippen LogP contribution in [0.25, 0.3) is 10.8 Å². The number of hydrogen-bond donors (Lipinski definition) is 0. The Hall–Kier alpha value is -1.72. The van der Waals surface area contributed by atoms with E-state index >= 15 is 0 Å². The molecule has 0 saturated heterocycles. The molecule has 0 saturated carbocycles. The van der Waals surface area contributed by atoms with Crippen LogP contribution in [0.3, 0.4) is 0 Å². The topological polar surface area (TPSA) is 55.3 Å². The summed E-state index contributed by atoms with van der Waals surface area (Å²) in [4.78, 5) is 14.0. The lowest BCUT2D eigenvalue weighted by Gasteiger charge is -2.21. The lowest BCUT2D eigenvalue weighted by molar-refractivity contribution is -0.137. The maximum absolute atomic E-state index is 12.4. The fourth-order valence-electron chi connectivity index (χ4n) is 2.69. The molecule has 0 N–H and O–H groups in total. The molecule has 0 spiro atoms. The van der Waals surface area contributed by atoms with Gasteiger partial charge in [-0.25, -0.2) is 0 Å². The summed E-state index contributed by atoms with van der Waals surface area (Å²) >= 11 is 6.11. The number of carbonyl (C=O) groups is 1. The molecule has 1 aromatic heterocycles. The first-order valence-electron chi connectivity index (χ1n) is 6.20. The number of likely N-dealkylation sites (N-methyl/N-ethyl adjacent to an activating group) is 1. The largest absolute Gasteiger partial charge is 0.364 e. The summed E-state index contributed by atoms with van der Waals surface area (Å²) in [5.74, 6) is -0.0972. The highest BCUT2D eigenvalue weighted by atomic mass is 35.5. The van der Waals surface area contributed by atoms with Crippen LogP contribution >= 0.6 is 11.6 Å². The van der Waals surface area contributed by atoms with Gasteiger partial charge in [-0.1, -0.05) is 11.6 Å². The Morgan fingerprint density at radius 2 is 2.00 bits per heavy atom. The molecular weight excluding hydrogens is 278 g/mol. The Morgan fingerprint density at radius 1 is 1.30 bits per heavy atom. The number of aromatic nitrogens is 2. The number of anilines is 1. The number of benzene rings is 1. The summed E-state index contributed by atoms with van der Waals surface area (Å²) in [6.07, 6.45) is 0. The van der Waals surface area contributed by atoms with Crippen molar-refractivity contribution in [3.05, 3.63) is 28.5 Å². The normalized spacial score (nSPS) is 21.6. The van der Waals surface area contributed by atoms with Gasteiger partial charge in [0.1, 0.15) is 0 Å². The van der Waals surface area contributed by atoms with Gasteiger partial charge in [0, 0.05) is 30.5 Å². The van der Waals surface area contributed by atoms with Crippen molar-refractivity contribution in [2.45, 2.75) is 19.4 Å². The molecule has 104 valence electrons. The number of methoxy groups -OCH3 is 1. The van der Waals surface area contributed by atoms with Crippen molar-refractivity contribution in [3.8, 4) is 0 Å². The van der Waals surface area contributed by atoms with E-state index in [-0.39, 0.29) is 5.91 Å². The number of fused-ring (bicyclic) bond motifs is 2. The van der Waals surface area contributed by atoms with Crippen molar-refractivity contribution in [2.24, 2.45) is 0 Å². The number of halogens is 1. The van der Waals surface area contributed by atoms with E-state index in [2.05, 4.69) is 10.2 Å². The molecule has 0 fully saturated rings. The minimum atomic E-state index is -0.972. The number of rotatable bonds is 1. The second kappa shape index (κ2) is 4.14. The summed E-state index contributed by atoms with van der Waals surface area (Å²) in [5, 5.41) is 9.94. The number of nitrogens with zero attached hydrogens (tertiary/aromatic N) is 3. The molecule has 2 aromatic rings. The Morgan fingerprint density at radius 3 is 2.65 bits per heavy atom. The molecule has 1 aliphatic rings. The third-order valence-electron chi connectivity index (χ3n) is 4.03. The average Bonchev–Trinajstić information content (AvgIpc) is 2.64. The Bertz CT molecular complexity index is 747. The number of hydrogen-bond acceptors (Lipinski definition) is 4. The molecule has 1 aromatic carbocycles. The smallest absolute Gasteiger partial charge is 0.263 e. The van der Waals surface area contributed by atoms with E-state index in [0.29, 0.717) is 5.15 Å². The summed E-state index contributed by atoms with van der Waals surface area (Å²) in [7, 11) is 3.27. The first-order chi connectivity index (χ1) is 9.40. The fraction of sp³-hybridized carbons (Fsp3) is 0.357. The predicted molar refractivity (Wildman–Crippen MR) is 77.1 cm³/mol. The van der Waals surface area contributed by atoms with Crippen LogP contribution in [0.2, 0.25) is 5.15 Å². The molecule has 1 atom stereocenters. The second-order valence-electron chi connectivity index (χ2n) is 5.09. The van der Waals surface area contributed by atoms with E-state index in [9.17, 15) is 4.79 Å². The molecule has 1 aliphatic heterocycles. The van der Waals surface area contributed by atoms with Gasteiger partial charge in [0.25, 0.3) is 5.91 Å². The number of aryl methyl sites for hydroxylation is 1. The van der Waals surface area contributed by atoms with Crippen LogP contribution in [0, 0.1) is 6.92 Å². The van der Waals surface area contributed by atoms with Gasteiger partial charge in [0.05, 0.1) is 11.4 Å². The predicted octanol–water partition coefficient (Wildman–Crippen LogP) is 2.43. The lowest BCUT2D eigenvalue weighted by Crippen LogP contribution is -2.37. The molecule has 20 heavy (non-hydrogen) atoms. The molecular formula is C14H14ClN3O2. The van der Waals surface area contributed by atoms with E-state index < -0.39 is 5.60 Å². The van der Waals surface area contributed by atoms with Crippen LogP contribution in [0.15, 0.2) is 12.1 Å². The van der Waals surface area contributed by atoms with Gasteiger partial charge in [-0.3, -0.25) is 4.79 Å². The van der Waals surface area contributed by atoms with Gasteiger partial charge in [0.15, 0.2) is 10.8 Å². The molecule has 6 heteroatoms. The molecule has 0 aliphatic carbocycles. The van der Waals surface area contributed by atoms with E-state index in [1.54, 1.807) is 18.9 Å². The third kappa shape index (κ3) is 1.50. The van der Waals surface area contributed by atoms with Gasteiger partial charge >= 0.3 is 0 Å². The van der Waals surface area contributed by atoms with Gasteiger partial charge in [-0.15, -0.1) is 5.10 Å². The maximum atomic E-state index is 12.4. The quantitative estimate of drug-likeness (QED) is 0.810. The molecule has 3 rings (SSSR count). The SMILES string of the molecule is COC1(C)C(=O)N(C)c2cc3c(Cl)nnc(C)c3cc21. The van der Waals surface area contributed by atoms with Crippen LogP contribution in [-0.4, -0.2) is 30.3 Å². The van der Waals surface area contributed by atoms with Crippen LogP contribution in [0.4, 0.5) is 5.69 Å². The molecule has 0 bridgehead atoms. The first-order valence-corrected chi connectivity index (χ1v) is 6.58. The van der Waals surface area contributed by atoms with Crippen LogP contribution in [0.1, 0.15) is 18.2 Å². The molecule has 1 amide bonds. The van der Waals surface area contributed by atoms with E-state index in [1.165, 1.54) is 7.11 Å². The van der Waals surface area contributed by atoms with Gasteiger partial charge in [-0.2, -0.15) is 5.10 Å². The summed E-state index contributed by atoms with van der Waals surface area (Å²) in [5.41, 5.74) is 1.42. The highest BCUT2D eigenvalue weighted by Gasteiger charge is 2.46. The van der Waals surface area contributed by atoms with Crippen LogP contribution in [0.5, 0.6) is 0 Å². The Kier molecular flexibility index (Phi) is 2.74. The minimum absolute atomic E-state index is 0.0972. The number of ether oxygens (including phenoxy) is 1. The standard InChI is InChI=1S/C14H14ClN3O2/c1-7-8-5-10-11(6-9(8)12(15)17-16-7)18(3)13(19)14(10,2)20-4/h5-6H,1-4H3. The number of amides is 1. The Balaban J connectivity index is 2.41. The number of carbonyl (C=O) groups excluding carboxylic acids is 1. The monoisotopic (exact) mass is 291 g/mol. The highest BCUT2D eigenvalue weighted by Crippen LogP contribution is 2.44. The van der Waals surface area contributed by atoms with Crippen molar-refractivity contribution in [1.82, 2.24) is 10.2 Å². The molecule has 5 nitrogen and oxygen atoms in total. The van der Waals surface area contributed by atoms with Crippen molar-refractivity contribution in [3.63, 3.8) is 0 Å². The zero-order chi connectivity index (χ0) is 14.7. The minimum Gasteiger partial charge on any atom is -0.364 e. The Labute approximate surface area is 121 Å². The van der Waals surface area contributed by atoms with Gasteiger partial charge in [-0.05, 0) is 26.0 Å². The van der Waals surface area contributed by atoms with Gasteiger partial charge in [0.2, 0.25) is 0 Å². The average molecular weight is 292 g/mol. The van der Waals surface area contributed by atoms with Crippen LogP contribution in [-0.2, 0) is 15.1 Å². The first kappa shape index (κ1) is 13.3. The third-order valence-corrected chi connectivity index (χ3v) is 4.31. The maximum Gasteiger partial charge on any atom is 0.263 e. The summed E-state index contributed by atoms with van der Waals surface area (Å²) < 4.78 is 5.47. The van der Waals surface area contributed by atoms with Crippen molar-refractivity contribution < 1.29 is 9.53 Å². The van der Waals surface area contributed by atoms with Crippen molar-refractivity contribution >= 4 is 34.0 Å².